The van der Waals surface area contributed by atoms with Gasteiger partial charge in [0.05, 0.1) is 60.8 Å². The number of anilines is 6. The molecule has 0 saturated carbocycles. The quantitative estimate of drug-likeness (QED) is 0.306. The van der Waals surface area contributed by atoms with Crippen molar-refractivity contribution in [3.05, 3.63) is 46.1 Å². The highest BCUT2D eigenvalue weighted by atomic mass is 79.9. The van der Waals surface area contributed by atoms with Gasteiger partial charge in [0.1, 0.15) is 17.3 Å². The summed E-state index contributed by atoms with van der Waals surface area (Å²) in [5.74, 6) is 2.25. The van der Waals surface area contributed by atoms with Crippen molar-refractivity contribution in [3.8, 4) is 11.5 Å². The van der Waals surface area contributed by atoms with E-state index in [0.717, 1.165) is 94.3 Å². The zero-order valence-corrected chi connectivity index (χ0v) is 30.9. The molecule has 2 N–H and O–H groups in total. The molecule has 2 aromatic carbocycles. The summed E-state index contributed by atoms with van der Waals surface area (Å²) in [5.41, 5.74) is 5.09. The van der Waals surface area contributed by atoms with Crippen LogP contribution in [-0.4, -0.2) is 120 Å². The molecule has 3 aromatic rings. The van der Waals surface area contributed by atoms with Crippen LogP contribution in [0.4, 0.5) is 34.5 Å². The van der Waals surface area contributed by atoms with E-state index in [1.54, 1.807) is 13.3 Å². The van der Waals surface area contributed by atoms with Crippen molar-refractivity contribution in [1.82, 2.24) is 19.8 Å². The van der Waals surface area contributed by atoms with Crippen molar-refractivity contribution in [1.29, 1.82) is 0 Å². The van der Waals surface area contributed by atoms with Gasteiger partial charge in [0.2, 0.25) is 16.0 Å². The second kappa shape index (κ2) is 14.1. The van der Waals surface area contributed by atoms with Gasteiger partial charge in [-0.2, -0.15) is 4.98 Å². The first kappa shape index (κ1) is 34.1. The van der Waals surface area contributed by atoms with E-state index < -0.39 is 10.0 Å². The molecule has 49 heavy (non-hydrogen) atoms. The van der Waals surface area contributed by atoms with E-state index in [9.17, 15) is 8.42 Å². The molecule has 13 nitrogen and oxygen atoms in total. The molecule has 0 atom stereocenters. The van der Waals surface area contributed by atoms with Crippen molar-refractivity contribution >= 4 is 60.5 Å². The minimum absolute atomic E-state index is 0.359. The molecule has 0 bridgehead atoms. The van der Waals surface area contributed by atoms with Crippen molar-refractivity contribution in [2.24, 2.45) is 0 Å². The fourth-order valence-corrected chi connectivity index (χ4v) is 7.97. The van der Waals surface area contributed by atoms with Gasteiger partial charge in [-0.1, -0.05) is 0 Å². The molecule has 0 radical (unpaired) electrons. The molecule has 15 heteroatoms. The molecule has 0 aliphatic carbocycles. The Morgan fingerprint density at radius 2 is 1.69 bits per heavy atom. The normalized spacial score (nSPS) is 19.2. The van der Waals surface area contributed by atoms with Crippen molar-refractivity contribution in [2.75, 3.05) is 99.3 Å². The first-order valence-electron chi connectivity index (χ1n) is 16.9. The number of sulfonamides is 1. The number of benzene rings is 2. The maximum absolute atomic E-state index is 12.5. The molecule has 0 amide bonds. The molecule has 0 unspecified atom stereocenters. The summed E-state index contributed by atoms with van der Waals surface area (Å²) in [6, 6.07) is 9.12. The Bertz CT molecular complexity index is 1790. The highest BCUT2D eigenvalue weighted by Gasteiger charge is 2.33. The lowest BCUT2D eigenvalue weighted by Gasteiger charge is -2.46. The van der Waals surface area contributed by atoms with Gasteiger partial charge in [-0.05, 0) is 59.0 Å². The van der Waals surface area contributed by atoms with E-state index in [-0.39, 0.29) is 0 Å². The van der Waals surface area contributed by atoms with Gasteiger partial charge in [-0.25, -0.2) is 13.4 Å². The van der Waals surface area contributed by atoms with Crippen LogP contribution in [0.1, 0.15) is 24.0 Å². The van der Waals surface area contributed by atoms with E-state index in [1.165, 1.54) is 23.3 Å². The second-order valence-corrected chi connectivity index (χ2v) is 16.1. The number of ether oxygens (including phenoxy) is 3. The molecule has 0 spiro atoms. The van der Waals surface area contributed by atoms with Gasteiger partial charge >= 0.3 is 0 Å². The summed E-state index contributed by atoms with van der Waals surface area (Å²) in [7, 11) is -0.302. The SMILES string of the molecule is COc1cc(N2CCC(N3CCN(C4COC4)CC3)CC2)c(C)cc1Nc1ncc(Br)c(Nc2cc3c(cc2N(C)S(C)(=O)=O)CCO3)n1. The number of piperidine rings is 1. The Morgan fingerprint density at radius 3 is 2.35 bits per heavy atom. The number of rotatable bonds is 10. The Labute approximate surface area is 297 Å². The van der Waals surface area contributed by atoms with Crippen LogP contribution < -0.4 is 29.3 Å². The predicted octanol–water partition coefficient (Wildman–Crippen LogP) is 4.36. The number of hydrogen-bond acceptors (Lipinski definition) is 12. The maximum atomic E-state index is 12.5. The van der Waals surface area contributed by atoms with Crippen molar-refractivity contribution in [2.45, 2.75) is 38.3 Å². The van der Waals surface area contributed by atoms with E-state index in [4.69, 9.17) is 19.2 Å². The van der Waals surface area contributed by atoms with Crippen LogP contribution in [0.25, 0.3) is 0 Å². The van der Waals surface area contributed by atoms with E-state index in [1.807, 2.05) is 12.1 Å². The lowest BCUT2D eigenvalue weighted by atomic mass is 10.00. The third kappa shape index (κ3) is 7.27. The third-order valence-corrected chi connectivity index (χ3v) is 12.0. The molecule has 5 heterocycles. The number of aryl methyl sites for hydroxylation is 1. The zero-order valence-electron chi connectivity index (χ0n) is 28.5. The van der Waals surface area contributed by atoms with Gasteiger partial charge in [0.25, 0.3) is 0 Å². The average Bonchev–Trinajstić information content (AvgIpc) is 3.52. The number of nitrogens with one attached hydrogen (secondary N) is 2. The van der Waals surface area contributed by atoms with Gasteiger partial charge < -0.3 is 29.7 Å². The van der Waals surface area contributed by atoms with E-state index in [2.05, 4.69) is 65.3 Å². The Kier molecular flexibility index (Phi) is 9.81. The molecule has 1 aromatic heterocycles. The lowest BCUT2D eigenvalue weighted by molar-refractivity contribution is -0.0803. The van der Waals surface area contributed by atoms with Crippen LogP contribution in [0.2, 0.25) is 0 Å². The Morgan fingerprint density at radius 1 is 0.980 bits per heavy atom. The largest absolute Gasteiger partial charge is 0.494 e. The van der Waals surface area contributed by atoms with Gasteiger partial charge in [0, 0.05) is 82.8 Å². The van der Waals surface area contributed by atoms with Crippen molar-refractivity contribution in [3.63, 3.8) is 0 Å². The zero-order chi connectivity index (χ0) is 34.3. The molecular weight excluding hydrogens is 712 g/mol. The average molecular weight is 758 g/mol. The summed E-state index contributed by atoms with van der Waals surface area (Å²) >= 11 is 3.56. The number of halogens is 1. The predicted molar refractivity (Wildman–Crippen MR) is 196 cm³/mol. The molecule has 4 aliphatic rings. The number of piperazine rings is 1. The third-order valence-electron chi connectivity index (χ3n) is 10.2. The summed E-state index contributed by atoms with van der Waals surface area (Å²) in [5, 5.41) is 6.65. The number of fused-ring (bicyclic) bond motifs is 1. The molecular formula is C34H45BrN8O5S. The summed E-state index contributed by atoms with van der Waals surface area (Å²) < 4.78 is 43.9. The van der Waals surface area contributed by atoms with Crippen LogP contribution in [0.3, 0.4) is 0 Å². The van der Waals surface area contributed by atoms with Gasteiger partial charge in [-0.15, -0.1) is 0 Å². The maximum Gasteiger partial charge on any atom is 0.232 e. The van der Waals surface area contributed by atoms with Crippen LogP contribution >= 0.6 is 15.9 Å². The minimum atomic E-state index is -3.51. The van der Waals surface area contributed by atoms with E-state index >= 15 is 0 Å². The summed E-state index contributed by atoms with van der Waals surface area (Å²) in [6.07, 6.45) is 5.85. The molecule has 3 fully saturated rings. The number of hydrogen-bond donors (Lipinski definition) is 2. The first-order valence-corrected chi connectivity index (χ1v) is 19.5. The molecule has 264 valence electrons. The first-order chi connectivity index (χ1) is 23.6. The van der Waals surface area contributed by atoms with Crippen LogP contribution in [0.15, 0.2) is 34.9 Å². The van der Waals surface area contributed by atoms with Crippen LogP contribution in [0, 0.1) is 6.92 Å². The fourth-order valence-electron chi connectivity index (χ4n) is 7.17. The number of aromatic nitrogens is 2. The summed E-state index contributed by atoms with van der Waals surface area (Å²) in [6.45, 7) is 11.0. The monoisotopic (exact) mass is 756 g/mol. The van der Waals surface area contributed by atoms with Crippen LogP contribution in [-0.2, 0) is 21.2 Å². The van der Waals surface area contributed by atoms with Crippen LogP contribution in [0.5, 0.6) is 11.5 Å². The minimum Gasteiger partial charge on any atom is -0.494 e. The van der Waals surface area contributed by atoms with Crippen molar-refractivity contribution < 1.29 is 22.6 Å². The highest BCUT2D eigenvalue weighted by Crippen LogP contribution is 2.40. The highest BCUT2D eigenvalue weighted by molar-refractivity contribution is 9.10. The lowest BCUT2D eigenvalue weighted by Crippen LogP contribution is -2.59. The van der Waals surface area contributed by atoms with Gasteiger partial charge in [-0.3, -0.25) is 14.1 Å². The number of nitrogens with zero attached hydrogens (tertiary/aromatic N) is 6. The molecule has 7 rings (SSSR count). The molecule has 4 aliphatic heterocycles. The fraction of sp³-hybridized carbons (Fsp3) is 0.529. The Balaban J connectivity index is 1.04. The summed E-state index contributed by atoms with van der Waals surface area (Å²) in [4.78, 5) is 17.0. The standard InChI is InChI=1S/C34H45BrN8O5S/c1-22-15-28(32(46-3)18-29(22)43-8-5-24(6-9-43)41-10-12-42(13-11-41)25-20-47-21-25)38-34-36-19-26(35)33(39-34)37-27-17-31-23(7-14-48-31)16-30(27)40(2)49(4,44)45/h15-19,24-25H,5-14,20-21H2,1-4H3,(H2,36,37,38,39). The molecule has 3 saturated heterocycles. The number of methoxy groups -OCH3 is 1. The second-order valence-electron chi connectivity index (χ2n) is 13.3. The topological polar surface area (TPSA) is 125 Å². The van der Waals surface area contributed by atoms with Gasteiger partial charge in [0.15, 0.2) is 0 Å². The smallest absolute Gasteiger partial charge is 0.232 e. The Hall–Kier alpha value is -3.37. The van der Waals surface area contributed by atoms with E-state index in [0.29, 0.717) is 52.1 Å².